The first-order chi connectivity index (χ1) is 21.4. The fourth-order valence-corrected chi connectivity index (χ4v) is 4.76. The number of aromatic hydroxyl groups is 1. The van der Waals surface area contributed by atoms with Crippen molar-refractivity contribution >= 4 is 11.9 Å². The van der Waals surface area contributed by atoms with Crippen molar-refractivity contribution < 1.29 is 24.2 Å². The van der Waals surface area contributed by atoms with Crippen LogP contribution in [-0.4, -0.2) is 48.6 Å². The Morgan fingerprint density at radius 1 is 0.841 bits per heavy atom. The van der Waals surface area contributed by atoms with Crippen LogP contribution in [0, 0.1) is 0 Å². The summed E-state index contributed by atoms with van der Waals surface area (Å²) in [5, 5.41) is 12.4. The number of carbonyl (C=O) groups excluding carboxylic acids is 2. The van der Waals surface area contributed by atoms with Crippen LogP contribution in [0.15, 0.2) is 78.9 Å². The van der Waals surface area contributed by atoms with Gasteiger partial charge in [-0.3, -0.25) is 4.79 Å². The molecule has 2 N–H and O–H groups in total. The van der Waals surface area contributed by atoms with Gasteiger partial charge in [0.25, 0.3) is 0 Å². The molecular formula is C37H52N2O5. The molecule has 0 aliphatic carbocycles. The molecule has 7 heteroatoms. The SMILES string of the molecule is CCCCCCCCC(=O)NCc1ccc(O)c(OC)c1.CCN(CC)CCC(OC(=O)c1ccccc1)c1ccccc1. The van der Waals surface area contributed by atoms with Crippen LogP contribution < -0.4 is 10.1 Å². The summed E-state index contributed by atoms with van der Waals surface area (Å²) in [4.78, 5) is 26.5. The lowest BCUT2D eigenvalue weighted by molar-refractivity contribution is -0.121. The minimum absolute atomic E-state index is 0.0810. The fourth-order valence-electron chi connectivity index (χ4n) is 4.76. The molecule has 0 heterocycles. The van der Waals surface area contributed by atoms with Crippen molar-refractivity contribution in [3.05, 3.63) is 95.6 Å². The maximum atomic E-state index is 12.4. The molecule has 0 radical (unpaired) electrons. The number of hydrogen-bond acceptors (Lipinski definition) is 6. The lowest BCUT2D eigenvalue weighted by Gasteiger charge is -2.23. The number of benzene rings is 3. The number of methoxy groups -OCH3 is 1. The molecule has 0 aromatic heterocycles. The first kappa shape index (κ1) is 36.4. The molecule has 0 aliphatic rings. The van der Waals surface area contributed by atoms with E-state index in [9.17, 15) is 14.7 Å². The van der Waals surface area contributed by atoms with Crippen molar-refractivity contribution in [3.63, 3.8) is 0 Å². The van der Waals surface area contributed by atoms with Gasteiger partial charge in [0.2, 0.25) is 5.91 Å². The summed E-state index contributed by atoms with van der Waals surface area (Å²) in [7, 11) is 1.51. The van der Waals surface area contributed by atoms with E-state index in [2.05, 4.69) is 31.0 Å². The number of ether oxygens (including phenoxy) is 2. The second kappa shape index (κ2) is 21.8. The number of unbranched alkanes of at least 4 members (excludes halogenated alkanes) is 5. The molecule has 3 aromatic rings. The van der Waals surface area contributed by atoms with E-state index < -0.39 is 0 Å². The molecule has 0 aliphatic heterocycles. The lowest BCUT2D eigenvalue weighted by atomic mass is 10.1. The number of rotatable bonds is 18. The highest BCUT2D eigenvalue weighted by atomic mass is 16.5. The minimum atomic E-state index is -0.265. The molecule has 0 saturated heterocycles. The van der Waals surface area contributed by atoms with Gasteiger partial charge in [-0.25, -0.2) is 4.79 Å². The summed E-state index contributed by atoms with van der Waals surface area (Å²) in [5.41, 5.74) is 2.56. The molecule has 0 saturated carbocycles. The van der Waals surface area contributed by atoms with Gasteiger partial charge in [0.1, 0.15) is 6.10 Å². The Labute approximate surface area is 264 Å². The third-order valence-electron chi connectivity index (χ3n) is 7.52. The van der Waals surface area contributed by atoms with E-state index in [1.807, 2.05) is 48.5 Å². The zero-order chi connectivity index (χ0) is 32.0. The number of carbonyl (C=O) groups is 2. The summed E-state index contributed by atoms with van der Waals surface area (Å²) in [6, 6.07) is 24.2. The average Bonchev–Trinajstić information content (AvgIpc) is 3.06. The third kappa shape index (κ3) is 14.1. The first-order valence-electron chi connectivity index (χ1n) is 16.1. The van der Waals surface area contributed by atoms with Crippen LogP contribution >= 0.6 is 0 Å². The largest absolute Gasteiger partial charge is 0.504 e. The summed E-state index contributed by atoms with van der Waals surface area (Å²) in [5.74, 6) is 0.355. The van der Waals surface area contributed by atoms with Gasteiger partial charge in [-0.2, -0.15) is 0 Å². The normalized spacial score (nSPS) is 11.3. The summed E-state index contributed by atoms with van der Waals surface area (Å²) in [6.45, 7) is 9.88. The molecule has 0 fully saturated rings. The van der Waals surface area contributed by atoms with Gasteiger partial charge in [-0.1, -0.05) is 107 Å². The van der Waals surface area contributed by atoms with Crippen molar-refractivity contribution in [3.8, 4) is 11.5 Å². The lowest BCUT2D eigenvalue weighted by Crippen LogP contribution is -2.26. The molecular weight excluding hydrogens is 552 g/mol. The molecule has 240 valence electrons. The standard InChI is InChI=1S/C20H25NO2.C17H27NO3/c1-3-21(4-2)16-15-19(17-11-7-5-8-12-17)23-20(22)18-13-9-6-10-14-18;1-3-4-5-6-7-8-9-17(20)18-13-14-10-11-15(19)16(12-14)21-2/h5-14,19H,3-4,15-16H2,1-2H3;10-12,19H,3-9,13H2,1-2H3,(H,18,20). The predicted molar refractivity (Wildman–Crippen MR) is 178 cm³/mol. The van der Waals surface area contributed by atoms with Gasteiger partial charge in [-0.05, 0) is 54.9 Å². The quantitative estimate of drug-likeness (QED) is 0.113. The Hall–Kier alpha value is -3.84. The number of amides is 1. The van der Waals surface area contributed by atoms with Crippen LogP contribution in [0.4, 0.5) is 0 Å². The van der Waals surface area contributed by atoms with Gasteiger partial charge < -0.3 is 24.8 Å². The predicted octanol–water partition coefficient (Wildman–Crippen LogP) is 8.08. The van der Waals surface area contributed by atoms with Crippen LogP contribution in [0.25, 0.3) is 0 Å². The van der Waals surface area contributed by atoms with Crippen molar-refractivity contribution in [2.45, 2.75) is 84.8 Å². The monoisotopic (exact) mass is 604 g/mol. The minimum Gasteiger partial charge on any atom is -0.504 e. The summed E-state index contributed by atoms with van der Waals surface area (Å²) >= 11 is 0. The average molecular weight is 605 g/mol. The smallest absolute Gasteiger partial charge is 0.338 e. The topological polar surface area (TPSA) is 88.1 Å². The first-order valence-corrected chi connectivity index (χ1v) is 16.1. The molecule has 3 aromatic carbocycles. The molecule has 1 unspecified atom stereocenters. The van der Waals surface area contributed by atoms with E-state index in [-0.39, 0.29) is 23.7 Å². The highest BCUT2D eigenvalue weighted by Crippen LogP contribution is 2.26. The fraction of sp³-hybridized carbons (Fsp3) is 0.459. The van der Waals surface area contributed by atoms with Gasteiger partial charge in [-0.15, -0.1) is 0 Å². The maximum absolute atomic E-state index is 12.4. The van der Waals surface area contributed by atoms with E-state index in [4.69, 9.17) is 9.47 Å². The second-order valence-corrected chi connectivity index (χ2v) is 10.8. The molecule has 1 atom stereocenters. The summed E-state index contributed by atoms with van der Waals surface area (Å²) < 4.78 is 10.8. The van der Waals surface area contributed by atoms with Gasteiger partial charge in [0, 0.05) is 25.9 Å². The Morgan fingerprint density at radius 3 is 2.11 bits per heavy atom. The van der Waals surface area contributed by atoms with Crippen molar-refractivity contribution in [1.29, 1.82) is 0 Å². The molecule has 1 amide bonds. The zero-order valence-electron chi connectivity index (χ0n) is 27.1. The van der Waals surface area contributed by atoms with Crippen LogP contribution in [0.5, 0.6) is 11.5 Å². The summed E-state index contributed by atoms with van der Waals surface area (Å²) in [6.07, 6.45) is 8.26. The number of esters is 1. The van der Waals surface area contributed by atoms with Crippen LogP contribution in [0.1, 0.15) is 99.7 Å². The number of phenolic OH excluding ortho intramolecular Hbond substituents is 1. The van der Waals surface area contributed by atoms with Crippen LogP contribution in [0.3, 0.4) is 0 Å². The third-order valence-corrected chi connectivity index (χ3v) is 7.52. The van der Waals surface area contributed by atoms with Crippen LogP contribution in [-0.2, 0) is 16.1 Å². The van der Waals surface area contributed by atoms with Gasteiger partial charge >= 0.3 is 5.97 Å². The molecule has 7 nitrogen and oxygen atoms in total. The zero-order valence-corrected chi connectivity index (χ0v) is 27.1. The number of phenols is 1. The Kier molecular flexibility index (Phi) is 18.0. The van der Waals surface area contributed by atoms with E-state index in [1.54, 1.807) is 30.3 Å². The van der Waals surface area contributed by atoms with Crippen molar-refractivity contribution in [2.24, 2.45) is 0 Å². The van der Waals surface area contributed by atoms with E-state index in [0.29, 0.717) is 24.3 Å². The Bertz CT molecular complexity index is 1200. The van der Waals surface area contributed by atoms with Crippen molar-refractivity contribution in [2.75, 3.05) is 26.7 Å². The second-order valence-electron chi connectivity index (χ2n) is 10.8. The molecule has 44 heavy (non-hydrogen) atoms. The number of nitrogens with one attached hydrogen (secondary N) is 1. The molecule has 0 spiro atoms. The van der Waals surface area contributed by atoms with E-state index in [0.717, 1.165) is 50.0 Å². The van der Waals surface area contributed by atoms with Crippen LogP contribution in [0.2, 0.25) is 0 Å². The highest BCUT2D eigenvalue weighted by molar-refractivity contribution is 5.89. The van der Waals surface area contributed by atoms with Crippen molar-refractivity contribution in [1.82, 2.24) is 10.2 Å². The van der Waals surface area contributed by atoms with E-state index in [1.165, 1.54) is 32.8 Å². The molecule has 0 bridgehead atoms. The Morgan fingerprint density at radius 2 is 1.48 bits per heavy atom. The molecule has 3 rings (SSSR count). The van der Waals surface area contributed by atoms with Gasteiger partial charge in [0.15, 0.2) is 11.5 Å². The number of hydrogen-bond donors (Lipinski definition) is 2. The highest BCUT2D eigenvalue weighted by Gasteiger charge is 2.18. The maximum Gasteiger partial charge on any atom is 0.338 e. The Balaban J connectivity index is 0.000000308. The number of nitrogens with zero attached hydrogens (tertiary/aromatic N) is 1. The van der Waals surface area contributed by atoms with Gasteiger partial charge in [0.05, 0.1) is 12.7 Å². The van der Waals surface area contributed by atoms with E-state index >= 15 is 0 Å².